The van der Waals surface area contributed by atoms with Gasteiger partial charge in [-0.2, -0.15) is 4.99 Å². The smallest absolute Gasteiger partial charge is 0.283 e. The molecule has 1 aliphatic rings. The highest BCUT2D eigenvalue weighted by Crippen LogP contribution is 2.48. The molecule has 0 saturated heterocycles. The number of nitrogens with zero attached hydrogens (tertiary/aromatic N) is 2. The number of carbonyl (C=O) groups excluding carboxylic acids is 1. The number of unbranched alkanes of at least 4 members (excludes halogenated alkanes) is 1. The topological polar surface area (TPSA) is 52.8 Å². The summed E-state index contributed by atoms with van der Waals surface area (Å²) in [6, 6.07) is 4.98. The summed E-state index contributed by atoms with van der Waals surface area (Å²) in [6.45, 7) is 11.2. The zero-order chi connectivity index (χ0) is 20.7. The minimum absolute atomic E-state index is 0.360. The van der Waals surface area contributed by atoms with Gasteiger partial charge in [0.15, 0.2) is 4.80 Å². The van der Waals surface area contributed by atoms with Crippen LogP contribution < -0.4 is 9.54 Å². The van der Waals surface area contributed by atoms with Crippen molar-refractivity contribution in [2.75, 3.05) is 7.11 Å². The van der Waals surface area contributed by atoms with Gasteiger partial charge in [0.2, 0.25) is 0 Å². The molecule has 5 nitrogen and oxygen atoms in total. The molecule has 0 atom stereocenters. The predicted octanol–water partition coefficient (Wildman–Crippen LogP) is 5.25. The Morgan fingerprint density at radius 2 is 2.00 bits per heavy atom. The van der Waals surface area contributed by atoms with Crippen LogP contribution in [0.2, 0.25) is 5.02 Å². The Morgan fingerprint density at radius 3 is 2.64 bits per heavy atom. The van der Waals surface area contributed by atoms with Gasteiger partial charge >= 0.3 is 0 Å². The number of ether oxygens (including phenoxy) is 2. The summed E-state index contributed by atoms with van der Waals surface area (Å²) in [6.07, 6.45) is 2.05. The second-order valence-electron chi connectivity index (χ2n) is 7.95. The molecule has 0 saturated carbocycles. The van der Waals surface area contributed by atoms with E-state index in [0.29, 0.717) is 21.1 Å². The summed E-state index contributed by atoms with van der Waals surface area (Å²) in [5, 5.41) is 0.475. The summed E-state index contributed by atoms with van der Waals surface area (Å²) >= 11 is 7.61. The van der Waals surface area contributed by atoms with Crippen molar-refractivity contribution in [3.05, 3.63) is 44.2 Å². The normalized spacial score (nSPS) is 17.6. The molecular weight excluding hydrogens is 396 g/mol. The molecule has 2 heterocycles. The summed E-state index contributed by atoms with van der Waals surface area (Å²) in [5.41, 5.74) is 0.622. The van der Waals surface area contributed by atoms with Gasteiger partial charge in [0.25, 0.3) is 5.91 Å². The summed E-state index contributed by atoms with van der Waals surface area (Å²) in [7, 11) is 1.53. The number of aromatic nitrogens is 1. The fraction of sp³-hybridized carbons (Fsp3) is 0.524. The number of rotatable bonds is 5. The Balaban J connectivity index is 2.17. The van der Waals surface area contributed by atoms with E-state index in [1.165, 1.54) is 18.4 Å². The van der Waals surface area contributed by atoms with Crippen molar-refractivity contribution in [1.29, 1.82) is 0 Å². The standard InChI is InChI=1S/C21H27ClN2O3S/c1-7-8-11-24-16-17(21(4,5)27-20(16,2)3)28-19(24)23-18(25)14-12-13(22)9-10-15(14)26-6/h9-10,12H,7-8,11H2,1-6H3/b23-19-. The SMILES string of the molecule is CCCCn1c2c(s/c1=N\C(=O)c1cc(Cl)ccc1OC)C(C)(C)OC2(C)C. The number of fused-ring (bicyclic) bond motifs is 1. The van der Waals surface area contributed by atoms with Crippen LogP contribution in [-0.2, 0) is 22.5 Å². The van der Waals surface area contributed by atoms with Crippen molar-refractivity contribution in [1.82, 2.24) is 4.57 Å². The molecule has 28 heavy (non-hydrogen) atoms. The number of hydrogen-bond donors (Lipinski definition) is 0. The van der Waals surface area contributed by atoms with Gasteiger partial charge in [0.1, 0.15) is 11.4 Å². The molecule has 0 fully saturated rings. The second kappa shape index (κ2) is 7.65. The van der Waals surface area contributed by atoms with E-state index in [4.69, 9.17) is 21.1 Å². The van der Waals surface area contributed by atoms with Crippen LogP contribution in [0.25, 0.3) is 0 Å². The maximum absolute atomic E-state index is 13.0. The summed E-state index contributed by atoms with van der Waals surface area (Å²) < 4.78 is 13.8. The highest BCUT2D eigenvalue weighted by Gasteiger charge is 2.47. The molecule has 0 spiro atoms. The number of benzene rings is 1. The molecule has 7 heteroatoms. The van der Waals surface area contributed by atoms with Crippen LogP contribution in [0.15, 0.2) is 23.2 Å². The average Bonchev–Trinajstić information content (AvgIpc) is 3.06. The van der Waals surface area contributed by atoms with E-state index in [2.05, 4.69) is 44.2 Å². The Morgan fingerprint density at radius 1 is 1.29 bits per heavy atom. The zero-order valence-electron chi connectivity index (χ0n) is 17.3. The molecule has 152 valence electrons. The van der Waals surface area contributed by atoms with Gasteiger partial charge in [-0.1, -0.05) is 36.3 Å². The fourth-order valence-corrected chi connectivity index (χ4v) is 5.27. The van der Waals surface area contributed by atoms with E-state index in [9.17, 15) is 4.79 Å². The quantitative estimate of drug-likeness (QED) is 0.660. The van der Waals surface area contributed by atoms with Gasteiger partial charge in [0.05, 0.1) is 28.8 Å². The van der Waals surface area contributed by atoms with Gasteiger partial charge in [-0.3, -0.25) is 4.79 Å². The maximum atomic E-state index is 13.0. The maximum Gasteiger partial charge on any atom is 0.283 e. The van der Waals surface area contributed by atoms with Crippen LogP contribution in [0, 0.1) is 0 Å². The molecule has 0 aliphatic carbocycles. The minimum atomic E-state index is -0.437. The largest absolute Gasteiger partial charge is 0.496 e. The highest BCUT2D eigenvalue weighted by atomic mass is 35.5. The van der Waals surface area contributed by atoms with Gasteiger partial charge in [-0.15, -0.1) is 0 Å². The lowest BCUT2D eigenvalue weighted by Gasteiger charge is -2.26. The lowest BCUT2D eigenvalue weighted by molar-refractivity contribution is -0.106. The van der Waals surface area contributed by atoms with E-state index >= 15 is 0 Å². The monoisotopic (exact) mass is 422 g/mol. The highest BCUT2D eigenvalue weighted by molar-refractivity contribution is 7.09. The number of thiazole rings is 1. The van der Waals surface area contributed by atoms with Crippen molar-refractivity contribution in [3.8, 4) is 5.75 Å². The Bertz CT molecular complexity index is 973. The fourth-order valence-electron chi connectivity index (χ4n) is 3.75. The average molecular weight is 423 g/mol. The van der Waals surface area contributed by atoms with Crippen molar-refractivity contribution in [3.63, 3.8) is 0 Å². The van der Waals surface area contributed by atoms with E-state index in [-0.39, 0.29) is 5.91 Å². The lowest BCUT2D eigenvalue weighted by Crippen LogP contribution is -2.29. The van der Waals surface area contributed by atoms with Crippen molar-refractivity contribution >= 4 is 28.8 Å². The summed E-state index contributed by atoms with van der Waals surface area (Å²) in [4.78, 5) is 19.3. The molecule has 0 N–H and O–H groups in total. The molecule has 0 radical (unpaired) electrons. The first-order valence-corrected chi connectivity index (χ1v) is 10.7. The summed E-state index contributed by atoms with van der Waals surface area (Å²) in [5.74, 6) is 0.104. The minimum Gasteiger partial charge on any atom is -0.496 e. The number of carbonyl (C=O) groups is 1. The predicted molar refractivity (Wildman–Crippen MR) is 112 cm³/mol. The third kappa shape index (κ3) is 3.78. The van der Waals surface area contributed by atoms with Crippen LogP contribution in [0.4, 0.5) is 0 Å². The first-order chi connectivity index (χ1) is 13.1. The van der Waals surface area contributed by atoms with Gasteiger partial charge in [0, 0.05) is 11.6 Å². The molecular formula is C21H27ClN2O3S. The number of halogens is 1. The number of hydrogen-bond acceptors (Lipinski definition) is 4. The van der Waals surface area contributed by atoms with E-state index in [1.54, 1.807) is 18.2 Å². The van der Waals surface area contributed by atoms with Gasteiger partial charge in [-0.25, -0.2) is 0 Å². The van der Waals surface area contributed by atoms with E-state index < -0.39 is 11.2 Å². The molecule has 0 bridgehead atoms. The molecule has 1 aromatic heterocycles. The van der Waals surface area contributed by atoms with Crippen LogP contribution >= 0.6 is 22.9 Å². The van der Waals surface area contributed by atoms with E-state index in [0.717, 1.165) is 30.0 Å². The van der Waals surface area contributed by atoms with Crippen LogP contribution in [0.1, 0.15) is 68.4 Å². The van der Waals surface area contributed by atoms with Crippen molar-refractivity contribution in [2.24, 2.45) is 4.99 Å². The molecule has 1 amide bonds. The van der Waals surface area contributed by atoms with E-state index in [1.807, 2.05) is 0 Å². The van der Waals surface area contributed by atoms with Gasteiger partial charge < -0.3 is 14.0 Å². The van der Waals surface area contributed by atoms with Crippen molar-refractivity contribution < 1.29 is 14.3 Å². The first kappa shape index (κ1) is 21.1. The Hall–Kier alpha value is -1.63. The van der Waals surface area contributed by atoms with Gasteiger partial charge in [-0.05, 0) is 52.3 Å². The lowest BCUT2D eigenvalue weighted by atomic mass is 10.0. The van der Waals surface area contributed by atoms with Crippen LogP contribution in [0.3, 0.4) is 0 Å². The number of methoxy groups -OCH3 is 1. The number of amides is 1. The molecule has 0 unspecified atom stereocenters. The molecule has 3 rings (SSSR count). The third-order valence-corrected chi connectivity index (χ3v) is 6.48. The van der Waals surface area contributed by atoms with Crippen LogP contribution in [-0.4, -0.2) is 17.6 Å². The Kier molecular flexibility index (Phi) is 5.76. The van der Waals surface area contributed by atoms with Crippen LogP contribution in [0.5, 0.6) is 5.75 Å². The van der Waals surface area contributed by atoms with Crippen molar-refractivity contribution in [2.45, 2.75) is 65.2 Å². The zero-order valence-corrected chi connectivity index (χ0v) is 18.8. The Labute approximate surface area is 175 Å². The molecule has 1 aliphatic heterocycles. The second-order valence-corrected chi connectivity index (χ2v) is 9.37. The third-order valence-electron chi connectivity index (χ3n) is 4.86. The molecule has 2 aromatic rings. The molecule has 1 aromatic carbocycles. The first-order valence-electron chi connectivity index (χ1n) is 9.48.